The van der Waals surface area contributed by atoms with Crippen molar-refractivity contribution in [1.82, 2.24) is 14.8 Å². The van der Waals surface area contributed by atoms with Crippen LogP contribution in [0.3, 0.4) is 0 Å². The molecule has 0 unspecified atom stereocenters. The molecule has 6 nitrogen and oxygen atoms in total. The summed E-state index contributed by atoms with van der Waals surface area (Å²) in [5.41, 5.74) is 0.000561. The number of pyridine rings is 1. The lowest BCUT2D eigenvalue weighted by molar-refractivity contribution is -0.383. The second-order valence-corrected chi connectivity index (χ2v) is 3.83. The lowest BCUT2D eigenvalue weighted by Gasteiger charge is -2.07. The molecule has 2 aromatic heterocycles. The van der Waals surface area contributed by atoms with Gasteiger partial charge >= 0.3 is 0 Å². The lowest BCUT2D eigenvalue weighted by Crippen LogP contribution is -2.03. The van der Waals surface area contributed by atoms with Gasteiger partial charge in [-0.25, -0.2) is 9.07 Å². The number of hydrogen-bond acceptors (Lipinski definition) is 4. The van der Waals surface area contributed by atoms with Crippen molar-refractivity contribution in [3.63, 3.8) is 0 Å². The molecule has 0 fully saturated rings. The van der Waals surface area contributed by atoms with Crippen molar-refractivity contribution in [2.45, 2.75) is 0 Å². The van der Waals surface area contributed by atoms with Gasteiger partial charge in [0.25, 0.3) is 5.69 Å². The van der Waals surface area contributed by atoms with Crippen LogP contribution in [0.25, 0.3) is 16.6 Å². The number of benzene rings is 1. The van der Waals surface area contributed by atoms with E-state index in [1.807, 2.05) is 0 Å². The largest absolute Gasteiger partial charge is 0.281 e. The molecular formula is C12H7FN4O2. The molecule has 3 aromatic rings. The molecule has 0 atom stereocenters. The van der Waals surface area contributed by atoms with Gasteiger partial charge in [0.05, 0.1) is 16.4 Å². The van der Waals surface area contributed by atoms with Crippen molar-refractivity contribution in [2.75, 3.05) is 0 Å². The van der Waals surface area contributed by atoms with Crippen LogP contribution in [-0.2, 0) is 0 Å². The molecule has 0 aliphatic rings. The Hall–Kier alpha value is -2.83. The van der Waals surface area contributed by atoms with Crippen LogP contribution in [0.2, 0.25) is 0 Å². The van der Waals surface area contributed by atoms with Gasteiger partial charge in [0.1, 0.15) is 11.2 Å². The summed E-state index contributed by atoms with van der Waals surface area (Å²) in [4.78, 5) is 14.4. The molecule has 0 aliphatic heterocycles. The number of fused-ring (bicyclic) bond motifs is 1. The quantitative estimate of drug-likeness (QED) is 0.522. The number of nitro benzene ring substituents is 1. The fourth-order valence-electron chi connectivity index (χ4n) is 1.95. The van der Waals surface area contributed by atoms with E-state index in [4.69, 9.17) is 0 Å². The number of halogens is 1. The standard InChI is InChI=1S/C12H7FN4O2/c13-9-7-10(17(18)19)8-3-1-4-14-11(8)12(9)16-6-2-5-15-16/h1-7H. The maximum atomic E-state index is 14.1. The lowest BCUT2D eigenvalue weighted by atomic mass is 10.1. The van der Waals surface area contributed by atoms with Gasteiger partial charge in [0.15, 0.2) is 5.82 Å². The zero-order valence-corrected chi connectivity index (χ0v) is 9.52. The summed E-state index contributed by atoms with van der Waals surface area (Å²) < 4.78 is 15.4. The highest BCUT2D eigenvalue weighted by Crippen LogP contribution is 2.31. The summed E-state index contributed by atoms with van der Waals surface area (Å²) in [5, 5.41) is 15.2. The zero-order valence-electron chi connectivity index (χ0n) is 9.52. The molecule has 3 rings (SSSR count). The molecule has 0 radical (unpaired) electrons. The Morgan fingerprint density at radius 1 is 1.32 bits per heavy atom. The van der Waals surface area contributed by atoms with Crippen molar-refractivity contribution in [1.29, 1.82) is 0 Å². The van der Waals surface area contributed by atoms with E-state index >= 15 is 0 Å². The highest BCUT2D eigenvalue weighted by Gasteiger charge is 2.21. The predicted molar refractivity (Wildman–Crippen MR) is 65.5 cm³/mol. The molecular weight excluding hydrogens is 251 g/mol. The monoisotopic (exact) mass is 258 g/mol. The van der Waals surface area contributed by atoms with Gasteiger partial charge in [-0.05, 0) is 18.2 Å². The molecule has 0 N–H and O–H groups in total. The summed E-state index contributed by atoms with van der Waals surface area (Å²) in [6.45, 7) is 0. The minimum Gasteiger partial charge on any atom is -0.258 e. The van der Waals surface area contributed by atoms with Crippen molar-refractivity contribution < 1.29 is 9.31 Å². The smallest absolute Gasteiger partial charge is 0.258 e. The Bertz CT molecular complexity index is 771. The number of nitro groups is 1. The number of nitrogens with zero attached hydrogens (tertiary/aromatic N) is 4. The Kier molecular flexibility index (Phi) is 2.45. The highest BCUT2D eigenvalue weighted by molar-refractivity contribution is 5.93. The normalized spacial score (nSPS) is 10.8. The Morgan fingerprint density at radius 2 is 2.16 bits per heavy atom. The average molecular weight is 258 g/mol. The molecule has 0 spiro atoms. The first-order valence-corrected chi connectivity index (χ1v) is 5.40. The first kappa shape index (κ1) is 11.3. The molecule has 0 bridgehead atoms. The van der Waals surface area contributed by atoms with Gasteiger partial charge in [0, 0.05) is 18.6 Å². The number of aromatic nitrogens is 3. The SMILES string of the molecule is O=[N+]([O-])c1cc(F)c(-n2cccn2)c2ncccc12. The third-order valence-corrected chi connectivity index (χ3v) is 2.73. The van der Waals surface area contributed by atoms with Gasteiger partial charge in [-0.2, -0.15) is 5.10 Å². The minimum atomic E-state index is -0.735. The second-order valence-electron chi connectivity index (χ2n) is 3.83. The summed E-state index contributed by atoms with van der Waals surface area (Å²) >= 11 is 0. The van der Waals surface area contributed by atoms with Crippen LogP contribution in [0.4, 0.5) is 10.1 Å². The van der Waals surface area contributed by atoms with E-state index in [-0.39, 0.29) is 22.3 Å². The molecule has 2 heterocycles. The minimum absolute atomic E-state index is 0.103. The van der Waals surface area contributed by atoms with Gasteiger partial charge in [-0.3, -0.25) is 15.1 Å². The summed E-state index contributed by atoms with van der Waals surface area (Å²) in [6, 6.07) is 5.63. The molecule has 0 saturated carbocycles. The fourth-order valence-corrected chi connectivity index (χ4v) is 1.95. The van der Waals surface area contributed by atoms with Gasteiger partial charge in [0.2, 0.25) is 0 Å². The molecule has 19 heavy (non-hydrogen) atoms. The Labute approximate surface area is 106 Å². The van der Waals surface area contributed by atoms with Crippen LogP contribution in [0.5, 0.6) is 0 Å². The van der Waals surface area contributed by atoms with E-state index in [0.717, 1.165) is 6.07 Å². The van der Waals surface area contributed by atoms with Crippen LogP contribution in [0.1, 0.15) is 0 Å². The molecule has 0 aliphatic carbocycles. The molecule has 1 aromatic carbocycles. The first-order valence-electron chi connectivity index (χ1n) is 5.40. The van der Waals surface area contributed by atoms with Gasteiger partial charge < -0.3 is 0 Å². The van der Waals surface area contributed by atoms with Crippen LogP contribution in [-0.4, -0.2) is 19.7 Å². The third-order valence-electron chi connectivity index (χ3n) is 2.73. The van der Waals surface area contributed by atoms with Crippen molar-refractivity contribution >= 4 is 16.6 Å². The zero-order chi connectivity index (χ0) is 13.4. The summed E-state index contributed by atoms with van der Waals surface area (Å²) in [6.07, 6.45) is 4.51. The maximum Gasteiger partial charge on any atom is 0.281 e. The Morgan fingerprint density at radius 3 is 2.84 bits per heavy atom. The maximum absolute atomic E-state index is 14.1. The van der Waals surface area contributed by atoms with E-state index in [1.165, 1.54) is 23.1 Å². The van der Waals surface area contributed by atoms with E-state index in [9.17, 15) is 14.5 Å². The fraction of sp³-hybridized carbons (Fsp3) is 0. The third kappa shape index (κ3) is 1.71. The van der Waals surface area contributed by atoms with E-state index < -0.39 is 10.7 Å². The molecule has 0 amide bonds. The van der Waals surface area contributed by atoms with Crippen molar-refractivity contribution in [3.8, 4) is 5.69 Å². The molecule has 0 saturated heterocycles. The number of non-ortho nitro benzene ring substituents is 1. The van der Waals surface area contributed by atoms with Crippen LogP contribution < -0.4 is 0 Å². The average Bonchev–Trinajstić information content (AvgIpc) is 2.91. The van der Waals surface area contributed by atoms with E-state index in [2.05, 4.69) is 10.1 Å². The summed E-state index contributed by atoms with van der Waals surface area (Å²) in [7, 11) is 0. The first-order chi connectivity index (χ1) is 9.18. The topological polar surface area (TPSA) is 73.8 Å². The van der Waals surface area contributed by atoms with E-state index in [1.54, 1.807) is 18.3 Å². The number of rotatable bonds is 2. The van der Waals surface area contributed by atoms with Crippen molar-refractivity contribution in [3.05, 3.63) is 58.8 Å². The predicted octanol–water partition coefficient (Wildman–Crippen LogP) is 2.47. The van der Waals surface area contributed by atoms with Crippen LogP contribution in [0.15, 0.2) is 42.9 Å². The van der Waals surface area contributed by atoms with Crippen LogP contribution >= 0.6 is 0 Å². The molecule has 7 heteroatoms. The van der Waals surface area contributed by atoms with Crippen LogP contribution in [0, 0.1) is 15.9 Å². The summed E-state index contributed by atoms with van der Waals surface area (Å²) in [5.74, 6) is -0.735. The second kappa shape index (κ2) is 4.13. The molecule has 94 valence electrons. The highest BCUT2D eigenvalue weighted by atomic mass is 19.1. The van der Waals surface area contributed by atoms with Crippen molar-refractivity contribution in [2.24, 2.45) is 0 Å². The number of hydrogen-bond donors (Lipinski definition) is 0. The Balaban J connectivity index is 2.45. The van der Waals surface area contributed by atoms with Gasteiger partial charge in [-0.1, -0.05) is 0 Å². The van der Waals surface area contributed by atoms with Gasteiger partial charge in [-0.15, -0.1) is 0 Å². The van der Waals surface area contributed by atoms with E-state index in [0.29, 0.717) is 0 Å².